The fourth-order valence-corrected chi connectivity index (χ4v) is 1.77. The largest absolute Gasteiger partial charge is 0.494 e. The number of methoxy groups -OCH3 is 1. The van der Waals surface area contributed by atoms with Crippen molar-refractivity contribution in [3.8, 4) is 5.75 Å². The summed E-state index contributed by atoms with van der Waals surface area (Å²) in [6, 6.07) is 1.33. The number of hydrogen-bond donors (Lipinski definition) is 0. The maximum Gasteiger partial charge on any atom is 0.267 e. The van der Waals surface area contributed by atoms with E-state index in [0.29, 0.717) is 9.39 Å². The number of nitrogens with zero attached hydrogens (tertiary/aromatic N) is 1. The second kappa shape index (κ2) is 4.17. The SMILES string of the molecule is COc1c(C(F)F)cc(I)nc1C. The summed E-state index contributed by atoms with van der Waals surface area (Å²) in [5, 5.41) is 0. The number of alkyl halides is 2. The molecule has 1 aromatic rings. The van der Waals surface area contributed by atoms with Crippen molar-refractivity contribution in [3.05, 3.63) is 21.0 Å². The van der Waals surface area contributed by atoms with Crippen LogP contribution in [-0.2, 0) is 0 Å². The highest BCUT2D eigenvalue weighted by Crippen LogP contribution is 2.31. The van der Waals surface area contributed by atoms with E-state index in [0.717, 1.165) is 0 Å². The average Bonchev–Trinajstić information content (AvgIpc) is 2.02. The first-order chi connectivity index (χ1) is 6.06. The van der Waals surface area contributed by atoms with Crippen LogP contribution < -0.4 is 4.74 Å². The van der Waals surface area contributed by atoms with Gasteiger partial charge >= 0.3 is 0 Å². The van der Waals surface area contributed by atoms with Gasteiger partial charge in [0, 0.05) is 0 Å². The van der Waals surface area contributed by atoms with Crippen LogP contribution in [0.5, 0.6) is 5.75 Å². The van der Waals surface area contributed by atoms with Gasteiger partial charge in [0.1, 0.15) is 9.45 Å². The van der Waals surface area contributed by atoms with Crippen molar-refractivity contribution in [2.75, 3.05) is 7.11 Å². The standard InChI is InChI=1S/C8H8F2INO/c1-4-7(13-2)5(8(9)10)3-6(11)12-4/h3,8H,1-2H3. The molecule has 0 saturated carbocycles. The topological polar surface area (TPSA) is 22.1 Å². The maximum atomic E-state index is 12.5. The predicted octanol–water partition coefficient (Wildman–Crippen LogP) is 2.94. The van der Waals surface area contributed by atoms with Crippen LogP contribution in [-0.4, -0.2) is 12.1 Å². The first-order valence-corrected chi connectivity index (χ1v) is 4.63. The number of hydrogen-bond acceptors (Lipinski definition) is 2. The first-order valence-electron chi connectivity index (χ1n) is 3.55. The van der Waals surface area contributed by atoms with E-state index in [-0.39, 0.29) is 11.3 Å². The third kappa shape index (κ3) is 2.26. The highest BCUT2D eigenvalue weighted by atomic mass is 127. The molecule has 2 nitrogen and oxygen atoms in total. The summed E-state index contributed by atoms with van der Waals surface area (Å²) in [5.74, 6) is 0.176. The van der Waals surface area contributed by atoms with Crippen LogP contribution in [0.4, 0.5) is 8.78 Å². The third-order valence-corrected chi connectivity index (χ3v) is 2.13. The zero-order valence-corrected chi connectivity index (χ0v) is 9.30. The summed E-state index contributed by atoms with van der Waals surface area (Å²) in [5.41, 5.74) is 0.393. The van der Waals surface area contributed by atoms with Gasteiger partial charge in [-0.15, -0.1) is 0 Å². The third-order valence-electron chi connectivity index (χ3n) is 1.58. The molecule has 0 atom stereocenters. The smallest absolute Gasteiger partial charge is 0.267 e. The van der Waals surface area contributed by atoms with Gasteiger partial charge in [0.2, 0.25) is 0 Å². The molecule has 1 aromatic heterocycles. The summed E-state index contributed by atoms with van der Waals surface area (Å²) >= 11 is 1.90. The molecule has 0 amide bonds. The minimum atomic E-state index is -2.52. The van der Waals surface area contributed by atoms with Gasteiger partial charge in [-0.1, -0.05) is 0 Å². The van der Waals surface area contributed by atoms with Crippen LogP contribution in [0.1, 0.15) is 17.7 Å². The Morgan fingerprint density at radius 1 is 1.54 bits per heavy atom. The Balaban J connectivity index is 3.29. The normalized spacial score (nSPS) is 10.6. The van der Waals surface area contributed by atoms with Crippen LogP contribution in [0, 0.1) is 10.6 Å². The Bertz CT molecular complexity index is 317. The molecule has 72 valence electrons. The molecule has 0 saturated heterocycles. The van der Waals surface area contributed by atoms with E-state index in [1.165, 1.54) is 13.2 Å². The lowest BCUT2D eigenvalue weighted by Gasteiger charge is -2.10. The van der Waals surface area contributed by atoms with Gasteiger partial charge in [-0.05, 0) is 35.6 Å². The van der Waals surface area contributed by atoms with Crippen molar-refractivity contribution in [3.63, 3.8) is 0 Å². The Labute approximate surface area is 88.5 Å². The average molecular weight is 299 g/mol. The lowest BCUT2D eigenvalue weighted by molar-refractivity contribution is 0.146. The summed E-state index contributed by atoms with van der Waals surface area (Å²) < 4.78 is 30.3. The fourth-order valence-electron chi connectivity index (χ4n) is 1.07. The van der Waals surface area contributed by atoms with E-state index in [1.54, 1.807) is 6.92 Å². The molecule has 1 heterocycles. The molecule has 0 fully saturated rings. The first kappa shape index (κ1) is 10.6. The highest BCUT2D eigenvalue weighted by molar-refractivity contribution is 14.1. The Hall–Kier alpha value is -0.460. The second-order valence-electron chi connectivity index (χ2n) is 2.45. The number of aromatic nitrogens is 1. The van der Waals surface area contributed by atoms with Gasteiger partial charge in [-0.3, -0.25) is 0 Å². The highest BCUT2D eigenvalue weighted by Gasteiger charge is 2.17. The van der Waals surface area contributed by atoms with Gasteiger partial charge < -0.3 is 4.74 Å². The van der Waals surface area contributed by atoms with Crippen molar-refractivity contribution in [1.29, 1.82) is 0 Å². The van der Waals surface area contributed by atoms with Crippen LogP contribution in [0.25, 0.3) is 0 Å². The van der Waals surface area contributed by atoms with E-state index >= 15 is 0 Å². The molecule has 5 heteroatoms. The zero-order chi connectivity index (χ0) is 10.0. The van der Waals surface area contributed by atoms with Crippen molar-refractivity contribution in [2.45, 2.75) is 13.3 Å². The van der Waals surface area contributed by atoms with Gasteiger partial charge in [0.25, 0.3) is 6.43 Å². The Morgan fingerprint density at radius 3 is 2.62 bits per heavy atom. The molecule has 0 aliphatic carbocycles. The summed E-state index contributed by atoms with van der Waals surface area (Å²) in [4.78, 5) is 4.02. The Morgan fingerprint density at radius 2 is 2.15 bits per heavy atom. The molecule has 0 aromatic carbocycles. The number of rotatable bonds is 2. The monoisotopic (exact) mass is 299 g/mol. The van der Waals surface area contributed by atoms with Crippen LogP contribution in [0.2, 0.25) is 0 Å². The number of ether oxygens (including phenoxy) is 1. The molecule has 0 aliphatic heterocycles. The molecule has 13 heavy (non-hydrogen) atoms. The fraction of sp³-hybridized carbons (Fsp3) is 0.375. The zero-order valence-electron chi connectivity index (χ0n) is 7.14. The second-order valence-corrected chi connectivity index (χ2v) is 3.56. The van der Waals surface area contributed by atoms with Gasteiger partial charge in [0.15, 0.2) is 0 Å². The predicted molar refractivity (Wildman–Crippen MR) is 53.2 cm³/mol. The molecule has 1 rings (SSSR count). The summed E-state index contributed by atoms with van der Waals surface area (Å²) in [6.45, 7) is 1.65. The van der Waals surface area contributed by atoms with Gasteiger partial charge in [0.05, 0.1) is 18.4 Å². The number of halogens is 3. The molecule has 0 radical (unpaired) electrons. The van der Waals surface area contributed by atoms with Crippen LogP contribution >= 0.6 is 22.6 Å². The minimum absolute atomic E-state index is 0.0978. The summed E-state index contributed by atoms with van der Waals surface area (Å²) in [6.07, 6.45) is -2.52. The molecule has 0 unspecified atom stereocenters. The lowest BCUT2D eigenvalue weighted by Crippen LogP contribution is -1.99. The molecule has 0 aliphatic rings. The van der Waals surface area contributed by atoms with E-state index in [2.05, 4.69) is 4.98 Å². The van der Waals surface area contributed by atoms with Gasteiger partial charge in [-0.25, -0.2) is 13.8 Å². The number of aryl methyl sites for hydroxylation is 1. The van der Waals surface area contributed by atoms with Crippen molar-refractivity contribution in [1.82, 2.24) is 4.98 Å². The van der Waals surface area contributed by atoms with E-state index in [4.69, 9.17) is 4.74 Å². The van der Waals surface area contributed by atoms with E-state index in [1.807, 2.05) is 22.6 Å². The Kier molecular flexibility index (Phi) is 3.40. The summed E-state index contributed by atoms with van der Waals surface area (Å²) in [7, 11) is 1.36. The van der Waals surface area contributed by atoms with Crippen molar-refractivity contribution in [2.24, 2.45) is 0 Å². The molecule has 0 spiro atoms. The lowest BCUT2D eigenvalue weighted by atomic mass is 10.2. The molecular formula is C8H8F2INO. The quantitative estimate of drug-likeness (QED) is 0.619. The number of pyridine rings is 1. The van der Waals surface area contributed by atoms with E-state index in [9.17, 15) is 8.78 Å². The van der Waals surface area contributed by atoms with E-state index < -0.39 is 6.43 Å². The van der Waals surface area contributed by atoms with Crippen molar-refractivity contribution < 1.29 is 13.5 Å². The van der Waals surface area contributed by atoms with Crippen LogP contribution in [0.3, 0.4) is 0 Å². The molecular weight excluding hydrogens is 291 g/mol. The maximum absolute atomic E-state index is 12.5. The molecule has 0 N–H and O–H groups in total. The minimum Gasteiger partial charge on any atom is -0.494 e. The van der Waals surface area contributed by atoms with Crippen LogP contribution in [0.15, 0.2) is 6.07 Å². The van der Waals surface area contributed by atoms with Gasteiger partial charge in [-0.2, -0.15) is 0 Å². The van der Waals surface area contributed by atoms with Crippen molar-refractivity contribution >= 4 is 22.6 Å². The molecule has 0 bridgehead atoms.